The highest BCUT2D eigenvalue weighted by molar-refractivity contribution is 6.34. The Morgan fingerprint density at radius 3 is 2.30 bits per heavy atom. The number of halogens is 3. The summed E-state index contributed by atoms with van der Waals surface area (Å²) in [6, 6.07) is 10.6. The summed E-state index contributed by atoms with van der Waals surface area (Å²) in [7, 11) is 0. The normalized spacial score (nSPS) is 11.7. The highest BCUT2D eigenvalue weighted by Crippen LogP contribution is 2.26. The minimum Gasteiger partial charge on any atom is -0.292 e. The molecule has 2 nitrogen and oxygen atoms in total. The van der Waals surface area contributed by atoms with Crippen molar-refractivity contribution in [1.82, 2.24) is 0 Å². The first kappa shape index (κ1) is 14.2. The quantitative estimate of drug-likeness (QED) is 0.799. The molecule has 20 heavy (non-hydrogen) atoms. The van der Waals surface area contributed by atoms with Gasteiger partial charge in [-0.05, 0) is 29.8 Å². The molecule has 0 N–H and O–H groups in total. The summed E-state index contributed by atoms with van der Waals surface area (Å²) in [5.41, 5.74) is 0.111. The molecule has 0 fully saturated rings. The van der Waals surface area contributed by atoms with Gasteiger partial charge in [0.15, 0.2) is 5.78 Å². The van der Waals surface area contributed by atoms with Crippen molar-refractivity contribution in [2.24, 2.45) is 0 Å². The smallest absolute Gasteiger partial charge is 0.185 e. The lowest BCUT2D eigenvalue weighted by molar-refractivity contribution is 0.0979. The van der Waals surface area contributed by atoms with Crippen molar-refractivity contribution in [2.45, 2.75) is 5.92 Å². The molecule has 2 aromatic carbocycles. The van der Waals surface area contributed by atoms with Gasteiger partial charge in [-0.3, -0.25) is 4.79 Å². The van der Waals surface area contributed by atoms with Crippen molar-refractivity contribution >= 4 is 17.4 Å². The molecule has 0 aromatic heterocycles. The van der Waals surface area contributed by atoms with Crippen molar-refractivity contribution in [3.8, 4) is 6.07 Å². The Hall–Kier alpha value is -2.25. The zero-order valence-electron chi connectivity index (χ0n) is 10.1. The van der Waals surface area contributed by atoms with Crippen LogP contribution < -0.4 is 0 Å². The largest absolute Gasteiger partial charge is 0.292 e. The van der Waals surface area contributed by atoms with Crippen LogP contribution in [0.4, 0.5) is 8.78 Å². The Balaban J connectivity index is 2.46. The van der Waals surface area contributed by atoms with Crippen molar-refractivity contribution in [2.75, 3.05) is 0 Å². The van der Waals surface area contributed by atoms with Gasteiger partial charge in [0.2, 0.25) is 0 Å². The summed E-state index contributed by atoms with van der Waals surface area (Å²) in [5.74, 6) is -3.58. The molecule has 5 heteroatoms. The molecule has 2 rings (SSSR count). The molecule has 100 valence electrons. The lowest BCUT2D eigenvalue weighted by Crippen LogP contribution is -2.12. The van der Waals surface area contributed by atoms with Crippen LogP contribution in [0.3, 0.4) is 0 Å². The summed E-state index contributed by atoms with van der Waals surface area (Å²) in [4.78, 5) is 12.3. The summed E-state index contributed by atoms with van der Waals surface area (Å²) in [6.45, 7) is 0. The van der Waals surface area contributed by atoms with Gasteiger partial charge in [0.1, 0.15) is 17.6 Å². The van der Waals surface area contributed by atoms with Crippen LogP contribution in [0.25, 0.3) is 0 Å². The molecule has 1 atom stereocenters. The minimum atomic E-state index is -1.31. The molecule has 2 aromatic rings. The van der Waals surface area contributed by atoms with Crippen LogP contribution in [0.1, 0.15) is 21.8 Å². The molecule has 0 aliphatic carbocycles. The van der Waals surface area contributed by atoms with Crippen molar-refractivity contribution in [1.29, 1.82) is 5.26 Å². The Morgan fingerprint density at radius 1 is 1.15 bits per heavy atom. The second-order valence-corrected chi connectivity index (χ2v) is 4.52. The topological polar surface area (TPSA) is 40.9 Å². The Labute approximate surface area is 119 Å². The summed E-state index contributed by atoms with van der Waals surface area (Å²) in [5, 5.41) is 9.31. The fourth-order valence-corrected chi connectivity index (χ4v) is 2.07. The second kappa shape index (κ2) is 5.81. The Morgan fingerprint density at radius 2 is 1.75 bits per heavy atom. The van der Waals surface area contributed by atoms with Gasteiger partial charge in [-0.25, -0.2) is 8.78 Å². The predicted octanol–water partition coefficient (Wildman–Crippen LogP) is 4.11. The number of carbonyl (C=O) groups excluding carboxylic acids is 1. The van der Waals surface area contributed by atoms with Crippen LogP contribution in [-0.4, -0.2) is 5.78 Å². The molecule has 0 spiro atoms. The van der Waals surface area contributed by atoms with Crippen molar-refractivity contribution in [3.05, 3.63) is 70.2 Å². The number of Topliss-reactive ketones (excluding diaryl/α,β-unsaturated/α-hetero) is 1. The maximum atomic E-state index is 13.2. The van der Waals surface area contributed by atoms with E-state index in [2.05, 4.69) is 0 Å². The van der Waals surface area contributed by atoms with E-state index in [1.807, 2.05) is 0 Å². The number of hydrogen-bond acceptors (Lipinski definition) is 2. The molecular formula is C15H8ClF2NO. The van der Waals surface area contributed by atoms with E-state index in [-0.39, 0.29) is 16.1 Å². The van der Waals surface area contributed by atoms with Crippen LogP contribution >= 0.6 is 11.6 Å². The number of nitriles is 1. The van der Waals surface area contributed by atoms with Gasteiger partial charge in [0.25, 0.3) is 0 Å². The average Bonchev–Trinajstić information content (AvgIpc) is 2.38. The third-order valence-electron chi connectivity index (χ3n) is 2.75. The van der Waals surface area contributed by atoms with Gasteiger partial charge in [-0.2, -0.15) is 5.26 Å². The molecule has 1 unspecified atom stereocenters. The fraction of sp³-hybridized carbons (Fsp3) is 0.0667. The van der Waals surface area contributed by atoms with E-state index >= 15 is 0 Å². The zero-order chi connectivity index (χ0) is 14.7. The maximum Gasteiger partial charge on any atom is 0.185 e. The molecular weight excluding hydrogens is 284 g/mol. The Bertz CT molecular complexity index is 689. The number of carbonyl (C=O) groups is 1. The minimum absolute atomic E-state index is 0.0325. The van der Waals surface area contributed by atoms with Gasteiger partial charge >= 0.3 is 0 Å². The molecule has 0 saturated carbocycles. The van der Waals surface area contributed by atoms with E-state index in [4.69, 9.17) is 16.9 Å². The maximum absolute atomic E-state index is 13.2. The third-order valence-corrected chi connectivity index (χ3v) is 3.08. The predicted molar refractivity (Wildman–Crippen MR) is 70.5 cm³/mol. The van der Waals surface area contributed by atoms with Crippen LogP contribution in [0.15, 0.2) is 42.5 Å². The van der Waals surface area contributed by atoms with E-state index in [1.165, 1.54) is 12.1 Å². The van der Waals surface area contributed by atoms with E-state index in [1.54, 1.807) is 18.2 Å². The van der Waals surface area contributed by atoms with Gasteiger partial charge in [0, 0.05) is 11.6 Å². The van der Waals surface area contributed by atoms with Gasteiger partial charge in [-0.1, -0.05) is 23.7 Å². The summed E-state index contributed by atoms with van der Waals surface area (Å²) in [6.07, 6.45) is 0. The SMILES string of the molecule is N#CC(C(=O)c1ccccc1Cl)c1cc(F)cc(F)c1. The molecule has 0 radical (unpaired) electrons. The highest BCUT2D eigenvalue weighted by atomic mass is 35.5. The molecule has 0 amide bonds. The first-order valence-electron chi connectivity index (χ1n) is 5.67. The lowest BCUT2D eigenvalue weighted by Gasteiger charge is -2.10. The van der Waals surface area contributed by atoms with E-state index in [9.17, 15) is 13.6 Å². The van der Waals surface area contributed by atoms with Gasteiger partial charge in [0.05, 0.1) is 11.1 Å². The Kier molecular flexibility index (Phi) is 4.11. The zero-order valence-corrected chi connectivity index (χ0v) is 10.9. The monoisotopic (exact) mass is 291 g/mol. The van der Waals surface area contributed by atoms with E-state index < -0.39 is 23.3 Å². The molecule has 0 bridgehead atoms. The molecule has 0 aliphatic rings. The first-order valence-corrected chi connectivity index (χ1v) is 6.05. The van der Waals surface area contributed by atoms with Gasteiger partial charge < -0.3 is 0 Å². The lowest BCUT2D eigenvalue weighted by atomic mass is 9.91. The number of benzene rings is 2. The third kappa shape index (κ3) is 2.84. The van der Waals surface area contributed by atoms with Crippen molar-refractivity contribution in [3.63, 3.8) is 0 Å². The highest BCUT2D eigenvalue weighted by Gasteiger charge is 2.24. The number of ketones is 1. The number of hydrogen-bond donors (Lipinski definition) is 0. The molecule has 0 heterocycles. The van der Waals surface area contributed by atoms with Crippen LogP contribution in [-0.2, 0) is 0 Å². The summed E-state index contributed by atoms with van der Waals surface area (Å²) >= 11 is 5.89. The van der Waals surface area contributed by atoms with Crippen LogP contribution in [0, 0.1) is 23.0 Å². The second-order valence-electron chi connectivity index (χ2n) is 4.11. The van der Waals surface area contributed by atoms with E-state index in [0.717, 1.165) is 12.1 Å². The first-order chi connectivity index (χ1) is 9.52. The average molecular weight is 292 g/mol. The molecule has 0 aliphatic heterocycles. The number of nitrogens with zero attached hydrogens (tertiary/aromatic N) is 1. The van der Waals surface area contributed by atoms with Crippen molar-refractivity contribution < 1.29 is 13.6 Å². The number of rotatable bonds is 3. The fourth-order valence-electron chi connectivity index (χ4n) is 1.84. The van der Waals surface area contributed by atoms with E-state index in [0.29, 0.717) is 6.07 Å². The summed E-state index contributed by atoms with van der Waals surface area (Å²) < 4.78 is 26.4. The standard InChI is InChI=1S/C15H8ClF2NO/c16-14-4-2-1-3-12(14)15(20)13(8-19)9-5-10(17)7-11(18)6-9/h1-7,13H. The van der Waals surface area contributed by atoms with Crippen LogP contribution in [0.5, 0.6) is 0 Å². The molecule has 0 saturated heterocycles. The van der Waals surface area contributed by atoms with Crippen LogP contribution in [0.2, 0.25) is 5.02 Å². The van der Waals surface area contributed by atoms with Gasteiger partial charge in [-0.15, -0.1) is 0 Å².